The van der Waals surface area contributed by atoms with Gasteiger partial charge in [-0.2, -0.15) is 5.10 Å². The molecule has 1 atom stereocenters. The van der Waals surface area contributed by atoms with E-state index >= 15 is 0 Å². The maximum atomic E-state index is 12.9. The summed E-state index contributed by atoms with van der Waals surface area (Å²) in [6, 6.07) is 0. The van der Waals surface area contributed by atoms with E-state index in [0.29, 0.717) is 18.5 Å². The summed E-state index contributed by atoms with van der Waals surface area (Å²) in [5, 5.41) is 4.13. The second-order valence-electron chi connectivity index (χ2n) is 8.31. The van der Waals surface area contributed by atoms with Gasteiger partial charge in [0, 0.05) is 57.9 Å². The van der Waals surface area contributed by atoms with Gasteiger partial charge in [0.25, 0.3) is 5.91 Å². The van der Waals surface area contributed by atoms with Gasteiger partial charge in [-0.25, -0.2) is 0 Å². The summed E-state index contributed by atoms with van der Waals surface area (Å²) in [5.41, 5.74) is 0.552. The largest absolute Gasteiger partial charge is 0.342 e. The van der Waals surface area contributed by atoms with Crippen molar-refractivity contribution in [2.24, 2.45) is 13.0 Å². The van der Waals surface area contributed by atoms with Crippen LogP contribution in [-0.2, 0) is 11.8 Å². The van der Waals surface area contributed by atoms with Gasteiger partial charge in [-0.15, -0.1) is 0 Å². The number of aryl methyl sites for hydroxylation is 1. The molecule has 4 rings (SSSR count). The number of piperazine rings is 1. The van der Waals surface area contributed by atoms with Gasteiger partial charge in [0.15, 0.2) is 0 Å². The third-order valence-electron chi connectivity index (χ3n) is 6.42. The van der Waals surface area contributed by atoms with Crippen LogP contribution in [0.4, 0.5) is 0 Å². The Morgan fingerprint density at radius 3 is 2.73 bits per heavy atom. The van der Waals surface area contributed by atoms with E-state index in [9.17, 15) is 9.59 Å². The van der Waals surface area contributed by atoms with Crippen molar-refractivity contribution in [2.45, 2.75) is 37.6 Å². The number of carbonyl (C=O) groups is 2. The molecular weight excluding hydrogens is 330 g/mol. The van der Waals surface area contributed by atoms with E-state index in [1.54, 1.807) is 17.1 Å². The zero-order valence-electron chi connectivity index (χ0n) is 15.9. The summed E-state index contributed by atoms with van der Waals surface area (Å²) in [4.78, 5) is 31.9. The normalized spacial score (nSPS) is 27.8. The van der Waals surface area contributed by atoms with Gasteiger partial charge in [0.1, 0.15) is 0 Å². The summed E-state index contributed by atoms with van der Waals surface area (Å²) >= 11 is 0. The highest BCUT2D eigenvalue weighted by molar-refractivity contribution is 5.93. The third kappa shape index (κ3) is 3.37. The van der Waals surface area contributed by atoms with E-state index in [2.05, 4.69) is 21.9 Å². The van der Waals surface area contributed by atoms with Crippen LogP contribution in [0, 0.1) is 5.92 Å². The van der Waals surface area contributed by atoms with Crippen molar-refractivity contribution in [3.05, 3.63) is 18.0 Å². The van der Waals surface area contributed by atoms with Crippen LogP contribution in [-0.4, -0.2) is 81.6 Å². The molecule has 2 aliphatic heterocycles. The molecule has 1 aromatic rings. The number of aromatic nitrogens is 2. The van der Waals surface area contributed by atoms with Gasteiger partial charge in [0.2, 0.25) is 5.91 Å². The first-order valence-electron chi connectivity index (χ1n) is 9.74. The lowest BCUT2D eigenvalue weighted by molar-refractivity contribution is -0.130. The number of rotatable bonds is 3. The Hall–Kier alpha value is -1.89. The lowest BCUT2D eigenvalue weighted by atomic mass is 9.86. The minimum absolute atomic E-state index is 0.0518. The Morgan fingerprint density at radius 1 is 1.23 bits per heavy atom. The molecule has 142 valence electrons. The minimum Gasteiger partial charge on any atom is -0.342 e. The Bertz CT molecular complexity index is 698. The lowest BCUT2D eigenvalue weighted by Gasteiger charge is -2.49. The first kappa shape index (κ1) is 17.5. The highest BCUT2D eigenvalue weighted by Crippen LogP contribution is 2.35. The lowest BCUT2D eigenvalue weighted by Crippen LogP contribution is -2.62. The highest BCUT2D eigenvalue weighted by atomic mass is 16.2. The molecule has 0 radical (unpaired) electrons. The van der Waals surface area contributed by atoms with Crippen molar-refractivity contribution in [2.75, 3.05) is 39.8 Å². The van der Waals surface area contributed by atoms with Crippen LogP contribution in [0.1, 0.15) is 42.5 Å². The summed E-state index contributed by atoms with van der Waals surface area (Å²) in [7, 11) is 3.97. The SMILES string of the molecule is CN1CCN(C(=O)c2cnn(C)c2)CC12CCC(=O)N(CC1CC1)CC2. The van der Waals surface area contributed by atoms with Crippen LogP contribution < -0.4 is 0 Å². The number of likely N-dealkylation sites (tertiary alicyclic amines) is 1. The Morgan fingerprint density at radius 2 is 2.04 bits per heavy atom. The molecule has 3 heterocycles. The zero-order valence-corrected chi connectivity index (χ0v) is 15.9. The molecule has 7 heteroatoms. The number of hydrogen-bond acceptors (Lipinski definition) is 4. The quantitative estimate of drug-likeness (QED) is 0.807. The van der Waals surface area contributed by atoms with Gasteiger partial charge < -0.3 is 9.80 Å². The number of amides is 2. The topological polar surface area (TPSA) is 61.7 Å². The van der Waals surface area contributed by atoms with Crippen LogP contribution in [0.15, 0.2) is 12.4 Å². The van der Waals surface area contributed by atoms with Gasteiger partial charge in [0.05, 0.1) is 11.8 Å². The Labute approximate surface area is 154 Å². The summed E-state index contributed by atoms with van der Waals surface area (Å²) in [6.45, 7) is 4.02. The predicted molar refractivity (Wildman–Crippen MR) is 97.6 cm³/mol. The van der Waals surface area contributed by atoms with Gasteiger partial charge in [-0.1, -0.05) is 0 Å². The van der Waals surface area contributed by atoms with Crippen molar-refractivity contribution < 1.29 is 9.59 Å². The molecule has 1 aromatic heterocycles. The number of hydrogen-bond donors (Lipinski definition) is 0. The molecule has 1 saturated carbocycles. The molecule has 1 aliphatic carbocycles. The maximum Gasteiger partial charge on any atom is 0.257 e. The zero-order chi connectivity index (χ0) is 18.3. The average molecular weight is 359 g/mol. The van der Waals surface area contributed by atoms with Crippen molar-refractivity contribution >= 4 is 11.8 Å². The molecule has 0 aromatic carbocycles. The number of carbonyl (C=O) groups excluding carboxylic acids is 2. The van der Waals surface area contributed by atoms with Crippen LogP contribution in [0.5, 0.6) is 0 Å². The Kier molecular flexibility index (Phi) is 4.50. The summed E-state index contributed by atoms with van der Waals surface area (Å²) < 4.78 is 1.67. The second-order valence-corrected chi connectivity index (χ2v) is 8.31. The van der Waals surface area contributed by atoms with E-state index in [1.807, 2.05) is 11.9 Å². The van der Waals surface area contributed by atoms with Crippen molar-refractivity contribution in [1.29, 1.82) is 0 Å². The molecule has 26 heavy (non-hydrogen) atoms. The molecule has 3 fully saturated rings. The minimum atomic E-state index is -0.0932. The average Bonchev–Trinajstić information content (AvgIpc) is 3.37. The van der Waals surface area contributed by atoms with Gasteiger partial charge in [-0.3, -0.25) is 19.2 Å². The van der Waals surface area contributed by atoms with Gasteiger partial charge >= 0.3 is 0 Å². The van der Waals surface area contributed by atoms with E-state index in [1.165, 1.54) is 12.8 Å². The first-order chi connectivity index (χ1) is 12.5. The fourth-order valence-corrected chi connectivity index (χ4v) is 4.39. The molecule has 7 nitrogen and oxygen atoms in total. The van der Waals surface area contributed by atoms with Crippen LogP contribution in [0.3, 0.4) is 0 Å². The Balaban J connectivity index is 1.48. The summed E-state index contributed by atoms with van der Waals surface area (Å²) in [6.07, 6.45) is 8.32. The molecule has 1 spiro atoms. The highest BCUT2D eigenvalue weighted by Gasteiger charge is 2.44. The molecule has 2 amide bonds. The molecule has 0 bridgehead atoms. The fraction of sp³-hybridized carbons (Fsp3) is 0.737. The molecule has 0 N–H and O–H groups in total. The van der Waals surface area contributed by atoms with Gasteiger partial charge in [-0.05, 0) is 38.6 Å². The smallest absolute Gasteiger partial charge is 0.257 e. The first-order valence-corrected chi connectivity index (χ1v) is 9.74. The maximum absolute atomic E-state index is 12.9. The monoisotopic (exact) mass is 359 g/mol. The van der Waals surface area contributed by atoms with E-state index in [0.717, 1.165) is 44.9 Å². The predicted octanol–water partition coefficient (Wildman–Crippen LogP) is 0.969. The van der Waals surface area contributed by atoms with Crippen LogP contribution in [0.2, 0.25) is 0 Å². The van der Waals surface area contributed by atoms with E-state index < -0.39 is 0 Å². The van der Waals surface area contributed by atoms with Crippen molar-refractivity contribution in [3.8, 4) is 0 Å². The van der Waals surface area contributed by atoms with E-state index in [4.69, 9.17) is 0 Å². The van der Waals surface area contributed by atoms with E-state index in [-0.39, 0.29) is 17.4 Å². The van der Waals surface area contributed by atoms with Crippen molar-refractivity contribution in [3.63, 3.8) is 0 Å². The second kappa shape index (κ2) is 6.68. The summed E-state index contributed by atoms with van der Waals surface area (Å²) in [5.74, 6) is 1.06. The van der Waals surface area contributed by atoms with Crippen molar-refractivity contribution in [1.82, 2.24) is 24.5 Å². The number of likely N-dealkylation sites (N-methyl/N-ethyl adjacent to an activating group) is 1. The molecule has 3 aliphatic rings. The number of nitrogens with zero attached hydrogens (tertiary/aromatic N) is 5. The van der Waals surface area contributed by atoms with Crippen LogP contribution in [0.25, 0.3) is 0 Å². The molecule has 2 saturated heterocycles. The van der Waals surface area contributed by atoms with Crippen LogP contribution >= 0.6 is 0 Å². The molecule has 1 unspecified atom stereocenters. The standard InChI is InChI=1S/C19H29N5O2/c1-21-9-10-24(18(26)16-11-20-22(2)13-16)14-19(21)6-5-17(25)23(8-7-19)12-15-3-4-15/h11,13,15H,3-10,12,14H2,1-2H3. The third-order valence-corrected chi connectivity index (χ3v) is 6.42. The fourth-order valence-electron chi connectivity index (χ4n) is 4.39. The molecular formula is C19H29N5O2.